The van der Waals surface area contributed by atoms with Crippen LogP contribution in [-0.2, 0) is 0 Å². The van der Waals surface area contributed by atoms with E-state index in [4.69, 9.17) is 8.83 Å². The molecule has 2 aromatic heterocycles. The number of hydrogen-bond donors (Lipinski definition) is 0. The second kappa shape index (κ2) is 4.24. The van der Waals surface area contributed by atoms with Gasteiger partial charge < -0.3 is 13.9 Å². The molecule has 4 aromatic rings. The van der Waals surface area contributed by atoms with Crippen LogP contribution in [0.15, 0.2) is 68.4 Å². The van der Waals surface area contributed by atoms with Crippen molar-refractivity contribution < 1.29 is 13.9 Å². The van der Waals surface area contributed by atoms with Crippen molar-refractivity contribution in [2.45, 2.75) is 0 Å². The van der Waals surface area contributed by atoms with Crippen LogP contribution in [0, 0.1) is 0 Å². The predicted molar refractivity (Wildman–Crippen MR) is 77.1 cm³/mol. The lowest BCUT2D eigenvalue weighted by atomic mass is 10.1. The summed E-state index contributed by atoms with van der Waals surface area (Å²) >= 11 is 0. The van der Waals surface area contributed by atoms with Gasteiger partial charge in [0.15, 0.2) is 5.43 Å². The van der Waals surface area contributed by atoms with Crippen LogP contribution in [0.25, 0.3) is 33.3 Å². The Labute approximate surface area is 118 Å². The third-order valence-electron chi connectivity index (χ3n) is 3.42. The molecule has 2 aromatic carbocycles. The zero-order valence-corrected chi connectivity index (χ0v) is 10.8. The van der Waals surface area contributed by atoms with Crippen LogP contribution in [0.4, 0.5) is 0 Å². The smallest absolute Gasteiger partial charge is 0.186 e. The van der Waals surface area contributed by atoms with E-state index >= 15 is 0 Å². The summed E-state index contributed by atoms with van der Waals surface area (Å²) in [7, 11) is 0. The van der Waals surface area contributed by atoms with Gasteiger partial charge in [-0.15, -0.1) is 5.75 Å². The highest BCUT2D eigenvalue weighted by atomic mass is 16.3. The van der Waals surface area contributed by atoms with Crippen LogP contribution in [0.5, 0.6) is 5.75 Å². The van der Waals surface area contributed by atoms with Gasteiger partial charge in [-0.05, 0) is 17.5 Å². The van der Waals surface area contributed by atoms with Crippen molar-refractivity contribution in [3.8, 4) is 17.1 Å². The second-order valence-corrected chi connectivity index (χ2v) is 4.81. The molecule has 0 spiro atoms. The van der Waals surface area contributed by atoms with Gasteiger partial charge in [-0.2, -0.15) is 0 Å². The van der Waals surface area contributed by atoms with Crippen molar-refractivity contribution >= 4 is 21.9 Å². The standard InChI is InChI=1S/C17H10O4/c18-12-3-1-10(2-4-12)14-7-11-5-6-20-15-8-13(19)9-16(21-14)17(11)15/h1-9,18H/p-1. The van der Waals surface area contributed by atoms with Gasteiger partial charge in [0, 0.05) is 17.7 Å². The van der Waals surface area contributed by atoms with Gasteiger partial charge >= 0.3 is 0 Å². The van der Waals surface area contributed by atoms with Crippen molar-refractivity contribution in [2.24, 2.45) is 0 Å². The maximum atomic E-state index is 11.7. The van der Waals surface area contributed by atoms with E-state index < -0.39 is 0 Å². The van der Waals surface area contributed by atoms with E-state index in [0.717, 1.165) is 16.3 Å². The average molecular weight is 277 g/mol. The van der Waals surface area contributed by atoms with E-state index in [1.807, 2.05) is 12.1 Å². The summed E-state index contributed by atoms with van der Waals surface area (Å²) in [6.45, 7) is 0. The molecule has 0 N–H and O–H groups in total. The topological polar surface area (TPSA) is 66.4 Å². The van der Waals surface area contributed by atoms with Gasteiger partial charge in [-0.25, -0.2) is 0 Å². The van der Waals surface area contributed by atoms with Crippen LogP contribution < -0.4 is 10.5 Å². The van der Waals surface area contributed by atoms with Crippen LogP contribution in [0.3, 0.4) is 0 Å². The van der Waals surface area contributed by atoms with Crippen molar-refractivity contribution in [3.63, 3.8) is 0 Å². The fourth-order valence-electron chi connectivity index (χ4n) is 2.46. The monoisotopic (exact) mass is 277 g/mol. The molecule has 102 valence electrons. The largest absolute Gasteiger partial charge is 0.872 e. The minimum Gasteiger partial charge on any atom is -0.872 e. The van der Waals surface area contributed by atoms with E-state index in [1.165, 1.54) is 24.3 Å². The first kappa shape index (κ1) is 11.8. The molecule has 0 aliphatic rings. The Morgan fingerprint density at radius 1 is 0.905 bits per heavy atom. The molecule has 2 heterocycles. The first-order valence-corrected chi connectivity index (χ1v) is 6.43. The minimum atomic E-state index is -0.172. The molecule has 0 aliphatic carbocycles. The molecule has 4 nitrogen and oxygen atoms in total. The molecule has 4 heteroatoms. The quantitative estimate of drug-likeness (QED) is 0.535. The lowest BCUT2D eigenvalue weighted by Gasteiger charge is -2.09. The van der Waals surface area contributed by atoms with E-state index in [2.05, 4.69) is 0 Å². The van der Waals surface area contributed by atoms with Crippen LogP contribution >= 0.6 is 0 Å². The Morgan fingerprint density at radius 3 is 2.48 bits per heavy atom. The summed E-state index contributed by atoms with van der Waals surface area (Å²) in [6, 6.07) is 12.9. The molecule has 0 bridgehead atoms. The van der Waals surface area contributed by atoms with Crippen molar-refractivity contribution in [2.75, 3.05) is 0 Å². The minimum absolute atomic E-state index is 0.0571. The molecule has 0 saturated heterocycles. The fraction of sp³-hybridized carbons (Fsp3) is 0. The summed E-state index contributed by atoms with van der Waals surface area (Å²) in [4.78, 5) is 11.7. The zero-order chi connectivity index (χ0) is 14.4. The Balaban J connectivity index is 2.08. The number of hydrogen-bond acceptors (Lipinski definition) is 4. The molecule has 4 rings (SSSR count). The predicted octanol–water partition coefficient (Wildman–Crippen LogP) is 3.28. The number of rotatable bonds is 1. The Hall–Kier alpha value is -3.01. The Morgan fingerprint density at radius 2 is 1.67 bits per heavy atom. The van der Waals surface area contributed by atoms with Crippen LogP contribution in [-0.4, -0.2) is 0 Å². The first-order valence-electron chi connectivity index (χ1n) is 6.43. The van der Waals surface area contributed by atoms with Gasteiger partial charge in [0.25, 0.3) is 0 Å². The SMILES string of the molecule is O=c1cc2occc3cc(-c4ccc([O-])cc4)oc(c1)c32. The highest BCUT2D eigenvalue weighted by molar-refractivity contribution is 6.05. The summed E-state index contributed by atoms with van der Waals surface area (Å²) in [5, 5.41) is 12.9. The summed E-state index contributed by atoms with van der Waals surface area (Å²) in [5.74, 6) is 0.541. The summed E-state index contributed by atoms with van der Waals surface area (Å²) < 4.78 is 11.2. The van der Waals surface area contributed by atoms with Crippen molar-refractivity contribution in [1.29, 1.82) is 0 Å². The van der Waals surface area contributed by atoms with E-state index in [-0.39, 0.29) is 11.2 Å². The summed E-state index contributed by atoms with van der Waals surface area (Å²) in [5.41, 5.74) is 1.58. The van der Waals surface area contributed by atoms with E-state index in [9.17, 15) is 9.90 Å². The van der Waals surface area contributed by atoms with E-state index in [1.54, 1.807) is 18.4 Å². The molecular weight excluding hydrogens is 268 g/mol. The highest BCUT2D eigenvalue weighted by Gasteiger charge is 2.10. The van der Waals surface area contributed by atoms with Crippen LogP contribution in [0.2, 0.25) is 0 Å². The van der Waals surface area contributed by atoms with Gasteiger partial charge in [0.1, 0.15) is 16.9 Å². The molecule has 0 saturated carbocycles. The van der Waals surface area contributed by atoms with Crippen molar-refractivity contribution in [3.05, 3.63) is 65.0 Å². The highest BCUT2D eigenvalue weighted by Crippen LogP contribution is 2.31. The lowest BCUT2D eigenvalue weighted by molar-refractivity contribution is -0.268. The average Bonchev–Trinajstić information content (AvgIpc) is 2.47. The third kappa shape index (κ3) is 1.89. The van der Waals surface area contributed by atoms with Crippen LogP contribution in [0.1, 0.15) is 0 Å². The molecule has 0 atom stereocenters. The maximum absolute atomic E-state index is 11.7. The summed E-state index contributed by atoms with van der Waals surface area (Å²) in [6.07, 6.45) is 1.54. The van der Waals surface area contributed by atoms with Gasteiger partial charge in [0.2, 0.25) is 0 Å². The van der Waals surface area contributed by atoms with Crippen molar-refractivity contribution in [1.82, 2.24) is 0 Å². The molecule has 0 radical (unpaired) electrons. The third-order valence-corrected chi connectivity index (χ3v) is 3.42. The van der Waals surface area contributed by atoms with Gasteiger partial charge in [0.05, 0.1) is 11.6 Å². The fourth-order valence-corrected chi connectivity index (χ4v) is 2.46. The van der Waals surface area contributed by atoms with E-state index in [0.29, 0.717) is 16.9 Å². The lowest BCUT2D eigenvalue weighted by Crippen LogP contribution is -1.96. The molecule has 0 amide bonds. The molecule has 0 fully saturated rings. The molecule has 21 heavy (non-hydrogen) atoms. The Kier molecular flexibility index (Phi) is 2.38. The van der Waals surface area contributed by atoms with Gasteiger partial charge in [-0.1, -0.05) is 24.3 Å². The first-order chi connectivity index (χ1) is 10.2. The Bertz CT molecular complexity index is 1010. The zero-order valence-electron chi connectivity index (χ0n) is 10.8. The number of benzene rings is 2. The molecule has 0 aliphatic heterocycles. The van der Waals surface area contributed by atoms with Gasteiger partial charge in [-0.3, -0.25) is 4.79 Å². The molecule has 0 unspecified atom stereocenters. The second-order valence-electron chi connectivity index (χ2n) is 4.81. The normalized spacial score (nSPS) is 11.2. The molecular formula is C17H9O4-. The maximum Gasteiger partial charge on any atom is 0.186 e.